The van der Waals surface area contributed by atoms with Gasteiger partial charge in [-0.2, -0.15) is 0 Å². The third kappa shape index (κ3) is 6.21. The van der Waals surface area contributed by atoms with E-state index in [-0.39, 0.29) is 0 Å². The zero-order chi connectivity index (χ0) is 10.1. The first-order valence-electron chi connectivity index (χ1n) is 4.99. The van der Waals surface area contributed by atoms with Crippen molar-refractivity contribution in [3.05, 3.63) is 35.6 Å². The quantitative estimate of drug-likeness (QED) is 0.642. The number of hydrogen-bond acceptors (Lipinski definition) is 1. The number of hydrogen-bond donors (Lipinski definition) is 1. The molecule has 0 rings (SSSR count). The summed E-state index contributed by atoms with van der Waals surface area (Å²) >= 11 is 0. The van der Waals surface area contributed by atoms with Crippen LogP contribution in [0.4, 0.5) is 0 Å². The van der Waals surface area contributed by atoms with E-state index in [1.807, 2.05) is 19.1 Å². The lowest BCUT2D eigenvalue weighted by molar-refractivity contribution is 0.797. The minimum absolute atomic E-state index is 0.829. The molecule has 0 heterocycles. The van der Waals surface area contributed by atoms with E-state index < -0.39 is 0 Å². The molecule has 0 saturated carbocycles. The molecular formula is C12H21N. The number of unbranched alkanes of at least 4 members (excludes halogenated alkanes) is 1. The Bertz CT molecular complexity index is 209. The minimum Gasteiger partial charge on any atom is -0.399 e. The van der Waals surface area contributed by atoms with Crippen molar-refractivity contribution in [3.63, 3.8) is 0 Å². The van der Waals surface area contributed by atoms with Crippen molar-refractivity contribution in [1.29, 1.82) is 0 Å². The normalized spacial score (nSPS) is 14.1. The molecule has 0 amide bonds. The maximum atomic E-state index is 5.65. The van der Waals surface area contributed by atoms with Gasteiger partial charge >= 0.3 is 0 Å². The molecule has 0 aliphatic rings. The maximum Gasteiger partial charge on any atom is 0.0270 e. The minimum atomic E-state index is 0.829. The third-order valence-corrected chi connectivity index (χ3v) is 2.01. The zero-order valence-electron chi connectivity index (χ0n) is 9.01. The van der Waals surface area contributed by atoms with Gasteiger partial charge in [0.05, 0.1) is 0 Å². The standard InChI is InChI=1S/C12H21N/c1-4-7-8-11(5-2)9-10-12(13)6-3/h5-6,9-10H,4,7-8,13H2,1-3H3/b10-9-,11-5-,12-6+. The highest BCUT2D eigenvalue weighted by Crippen LogP contribution is 2.09. The zero-order valence-corrected chi connectivity index (χ0v) is 9.01. The fourth-order valence-corrected chi connectivity index (χ4v) is 1.00. The Morgan fingerprint density at radius 1 is 1.15 bits per heavy atom. The van der Waals surface area contributed by atoms with E-state index >= 15 is 0 Å². The van der Waals surface area contributed by atoms with E-state index in [4.69, 9.17) is 5.73 Å². The van der Waals surface area contributed by atoms with Crippen LogP contribution in [0.1, 0.15) is 40.0 Å². The molecule has 13 heavy (non-hydrogen) atoms. The van der Waals surface area contributed by atoms with Gasteiger partial charge in [-0.15, -0.1) is 0 Å². The largest absolute Gasteiger partial charge is 0.399 e. The van der Waals surface area contributed by atoms with Gasteiger partial charge in [-0.1, -0.05) is 37.1 Å². The van der Waals surface area contributed by atoms with Crippen LogP contribution >= 0.6 is 0 Å². The Hall–Kier alpha value is -0.980. The lowest BCUT2D eigenvalue weighted by atomic mass is 10.1. The highest BCUT2D eigenvalue weighted by Gasteiger charge is 1.89. The highest BCUT2D eigenvalue weighted by molar-refractivity contribution is 5.25. The topological polar surface area (TPSA) is 26.0 Å². The van der Waals surface area contributed by atoms with Gasteiger partial charge in [0.1, 0.15) is 0 Å². The Morgan fingerprint density at radius 2 is 1.85 bits per heavy atom. The summed E-state index contributed by atoms with van der Waals surface area (Å²) in [5, 5.41) is 0. The summed E-state index contributed by atoms with van der Waals surface area (Å²) in [6.07, 6.45) is 11.8. The summed E-state index contributed by atoms with van der Waals surface area (Å²) < 4.78 is 0. The fraction of sp³-hybridized carbons (Fsp3) is 0.500. The number of allylic oxidation sites excluding steroid dienone is 5. The molecule has 0 saturated heterocycles. The lowest BCUT2D eigenvalue weighted by Crippen LogP contribution is -1.91. The van der Waals surface area contributed by atoms with Gasteiger partial charge < -0.3 is 5.73 Å². The molecule has 0 aromatic carbocycles. The van der Waals surface area contributed by atoms with Crippen molar-refractivity contribution in [3.8, 4) is 0 Å². The van der Waals surface area contributed by atoms with E-state index in [9.17, 15) is 0 Å². The van der Waals surface area contributed by atoms with E-state index in [1.54, 1.807) is 0 Å². The molecule has 0 atom stereocenters. The van der Waals surface area contributed by atoms with Crippen molar-refractivity contribution in [2.75, 3.05) is 0 Å². The summed E-state index contributed by atoms with van der Waals surface area (Å²) in [5.41, 5.74) is 7.85. The van der Waals surface area contributed by atoms with Gasteiger partial charge in [-0.3, -0.25) is 0 Å². The second-order valence-corrected chi connectivity index (χ2v) is 3.09. The number of nitrogens with two attached hydrogens (primary N) is 1. The summed E-state index contributed by atoms with van der Waals surface area (Å²) in [6.45, 7) is 6.22. The fourth-order valence-electron chi connectivity index (χ4n) is 1.00. The molecule has 0 aliphatic heterocycles. The highest BCUT2D eigenvalue weighted by atomic mass is 14.5. The molecule has 0 spiro atoms. The Morgan fingerprint density at radius 3 is 2.31 bits per heavy atom. The van der Waals surface area contributed by atoms with Crippen LogP contribution in [0.2, 0.25) is 0 Å². The van der Waals surface area contributed by atoms with Crippen LogP contribution in [0.5, 0.6) is 0 Å². The molecule has 0 radical (unpaired) electrons. The van der Waals surface area contributed by atoms with Crippen LogP contribution in [0.25, 0.3) is 0 Å². The smallest absolute Gasteiger partial charge is 0.0270 e. The Balaban J connectivity index is 4.06. The van der Waals surface area contributed by atoms with Gasteiger partial charge in [0.2, 0.25) is 0 Å². The van der Waals surface area contributed by atoms with Crippen molar-refractivity contribution in [2.24, 2.45) is 5.73 Å². The average molecular weight is 179 g/mol. The van der Waals surface area contributed by atoms with Gasteiger partial charge in [0.15, 0.2) is 0 Å². The van der Waals surface area contributed by atoms with Crippen molar-refractivity contribution in [1.82, 2.24) is 0 Å². The van der Waals surface area contributed by atoms with Crippen molar-refractivity contribution in [2.45, 2.75) is 40.0 Å². The van der Waals surface area contributed by atoms with Crippen molar-refractivity contribution >= 4 is 0 Å². The van der Waals surface area contributed by atoms with E-state index in [1.165, 1.54) is 18.4 Å². The first-order valence-corrected chi connectivity index (χ1v) is 4.99. The second kappa shape index (κ2) is 7.66. The van der Waals surface area contributed by atoms with Gasteiger partial charge in [-0.25, -0.2) is 0 Å². The molecule has 0 aromatic heterocycles. The van der Waals surface area contributed by atoms with E-state index in [0.29, 0.717) is 0 Å². The lowest BCUT2D eigenvalue weighted by Gasteiger charge is -1.99. The van der Waals surface area contributed by atoms with Crippen LogP contribution in [0.15, 0.2) is 35.6 Å². The molecule has 74 valence electrons. The molecular weight excluding hydrogens is 158 g/mol. The van der Waals surface area contributed by atoms with Crippen LogP contribution in [-0.2, 0) is 0 Å². The van der Waals surface area contributed by atoms with Gasteiger partial charge in [0.25, 0.3) is 0 Å². The molecule has 0 fully saturated rings. The van der Waals surface area contributed by atoms with Crippen molar-refractivity contribution < 1.29 is 0 Å². The van der Waals surface area contributed by atoms with Gasteiger partial charge in [-0.05, 0) is 32.8 Å². The maximum absolute atomic E-state index is 5.65. The molecule has 2 N–H and O–H groups in total. The van der Waals surface area contributed by atoms with Gasteiger partial charge in [0, 0.05) is 5.70 Å². The molecule has 1 heteroatoms. The second-order valence-electron chi connectivity index (χ2n) is 3.09. The molecule has 0 bridgehead atoms. The summed E-state index contributed by atoms with van der Waals surface area (Å²) in [4.78, 5) is 0. The SMILES string of the molecule is C\C=C(/C=C\C(N)=C/C)CCCC. The molecule has 0 aliphatic carbocycles. The average Bonchev–Trinajstić information content (AvgIpc) is 2.17. The molecule has 0 aromatic rings. The predicted octanol–water partition coefficient (Wildman–Crippen LogP) is 3.54. The van der Waals surface area contributed by atoms with Crippen LogP contribution in [-0.4, -0.2) is 0 Å². The monoisotopic (exact) mass is 179 g/mol. The first kappa shape index (κ1) is 12.0. The summed E-state index contributed by atoms with van der Waals surface area (Å²) in [7, 11) is 0. The predicted molar refractivity (Wildman–Crippen MR) is 60.4 cm³/mol. The third-order valence-electron chi connectivity index (χ3n) is 2.01. The first-order chi connectivity index (χ1) is 6.24. The van der Waals surface area contributed by atoms with E-state index in [0.717, 1.165) is 12.1 Å². The Kier molecular flexibility index (Phi) is 7.08. The van der Waals surface area contributed by atoms with E-state index in [2.05, 4.69) is 26.0 Å². The Labute approximate surface area is 82.0 Å². The summed E-state index contributed by atoms with van der Waals surface area (Å²) in [5.74, 6) is 0. The van der Waals surface area contributed by atoms with Crippen LogP contribution in [0, 0.1) is 0 Å². The molecule has 0 unspecified atom stereocenters. The van der Waals surface area contributed by atoms with Crippen LogP contribution in [0.3, 0.4) is 0 Å². The van der Waals surface area contributed by atoms with Crippen LogP contribution < -0.4 is 5.73 Å². The number of rotatable bonds is 5. The summed E-state index contributed by atoms with van der Waals surface area (Å²) in [6, 6.07) is 0. The molecule has 1 nitrogen and oxygen atoms in total.